The molecule has 3 nitrogen and oxygen atoms in total. The highest BCUT2D eigenvalue weighted by Gasteiger charge is 2.20. The third kappa shape index (κ3) is 1.93. The van der Waals surface area contributed by atoms with Gasteiger partial charge in [-0.15, -0.1) is 0 Å². The van der Waals surface area contributed by atoms with Gasteiger partial charge in [-0.3, -0.25) is 0 Å². The Hall–Kier alpha value is -1.68. The second kappa shape index (κ2) is 4.53. The zero-order valence-corrected chi connectivity index (χ0v) is 10.1. The molecule has 0 fully saturated rings. The molecule has 0 spiro atoms. The summed E-state index contributed by atoms with van der Waals surface area (Å²) in [6.07, 6.45) is 4.43. The second-order valence-electron chi connectivity index (χ2n) is 4.77. The van der Waals surface area contributed by atoms with E-state index < -0.39 is 0 Å². The average molecular weight is 245 g/mol. The van der Waals surface area contributed by atoms with E-state index in [1.165, 1.54) is 6.07 Å². The molecular weight excluding hydrogens is 229 g/mol. The standard InChI is InChI=1S/C14H16FN3/c15-11-5-2-1-4-10(11)8-14-17-9-13-12(16)6-3-7-18(13)14/h1-2,4-5,9,12H,3,6-8,16H2. The lowest BCUT2D eigenvalue weighted by atomic mass is 10.1. The van der Waals surface area contributed by atoms with Crippen molar-refractivity contribution < 1.29 is 4.39 Å². The van der Waals surface area contributed by atoms with Gasteiger partial charge in [-0.1, -0.05) is 18.2 Å². The fourth-order valence-corrected chi connectivity index (χ4v) is 2.55. The first kappa shape index (κ1) is 11.4. The number of benzene rings is 1. The Morgan fingerprint density at radius 3 is 3.06 bits per heavy atom. The van der Waals surface area contributed by atoms with Crippen LogP contribution in [-0.2, 0) is 13.0 Å². The fraction of sp³-hybridized carbons (Fsp3) is 0.357. The molecule has 1 unspecified atom stereocenters. The van der Waals surface area contributed by atoms with Crippen LogP contribution in [0.2, 0.25) is 0 Å². The van der Waals surface area contributed by atoms with Crippen LogP contribution in [0.5, 0.6) is 0 Å². The van der Waals surface area contributed by atoms with Gasteiger partial charge < -0.3 is 10.3 Å². The van der Waals surface area contributed by atoms with Crippen molar-refractivity contribution in [1.82, 2.24) is 9.55 Å². The fourth-order valence-electron chi connectivity index (χ4n) is 2.55. The molecule has 2 aromatic rings. The monoisotopic (exact) mass is 245 g/mol. The van der Waals surface area contributed by atoms with E-state index in [9.17, 15) is 4.39 Å². The van der Waals surface area contributed by atoms with Crippen LogP contribution >= 0.6 is 0 Å². The van der Waals surface area contributed by atoms with Crippen molar-refractivity contribution in [2.45, 2.75) is 31.8 Å². The Bertz CT molecular complexity index is 562. The normalized spacial score (nSPS) is 18.7. The van der Waals surface area contributed by atoms with Gasteiger partial charge in [0.25, 0.3) is 0 Å². The molecule has 94 valence electrons. The molecule has 0 aliphatic carbocycles. The van der Waals surface area contributed by atoms with Crippen molar-refractivity contribution in [2.24, 2.45) is 5.73 Å². The molecule has 3 rings (SSSR count). The summed E-state index contributed by atoms with van der Waals surface area (Å²) in [4.78, 5) is 4.40. The molecule has 0 saturated heterocycles. The van der Waals surface area contributed by atoms with Crippen LogP contribution in [0.3, 0.4) is 0 Å². The van der Waals surface area contributed by atoms with Gasteiger partial charge in [0.1, 0.15) is 11.6 Å². The zero-order valence-electron chi connectivity index (χ0n) is 10.1. The number of aromatic nitrogens is 2. The number of nitrogens with two attached hydrogens (primary N) is 1. The van der Waals surface area contributed by atoms with E-state index in [1.807, 2.05) is 12.3 Å². The summed E-state index contributed by atoms with van der Waals surface area (Å²) in [6, 6.07) is 6.92. The molecule has 1 aromatic carbocycles. The van der Waals surface area contributed by atoms with Gasteiger partial charge in [0, 0.05) is 19.0 Å². The maximum atomic E-state index is 13.6. The summed E-state index contributed by atoms with van der Waals surface area (Å²) in [6.45, 7) is 0.937. The molecule has 18 heavy (non-hydrogen) atoms. The van der Waals surface area contributed by atoms with Crippen LogP contribution in [-0.4, -0.2) is 9.55 Å². The maximum absolute atomic E-state index is 13.6. The summed E-state index contributed by atoms with van der Waals surface area (Å²) in [7, 11) is 0. The van der Waals surface area contributed by atoms with E-state index in [4.69, 9.17) is 5.73 Å². The molecule has 4 heteroatoms. The number of hydrogen-bond acceptors (Lipinski definition) is 2. The number of imidazole rings is 1. The molecule has 1 aliphatic heterocycles. The van der Waals surface area contributed by atoms with Crippen LogP contribution in [0, 0.1) is 5.82 Å². The molecule has 1 aliphatic rings. The minimum absolute atomic E-state index is 0.0700. The second-order valence-corrected chi connectivity index (χ2v) is 4.77. The van der Waals surface area contributed by atoms with Crippen molar-refractivity contribution in [3.05, 3.63) is 53.4 Å². The van der Waals surface area contributed by atoms with Gasteiger partial charge in [-0.25, -0.2) is 9.37 Å². The summed E-state index contributed by atoms with van der Waals surface area (Å²) >= 11 is 0. The van der Waals surface area contributed by atoms with Gasteiger partial charge in [-0.2, -0.15) is 0 Å². The molecule has 0 amide bonds. The highest BCUT2D eigenvalue weighted by molar-refractivity contribution is 5.23. The maximum Gasteiger partial charge on any atom is 0.126 e. The van der Waals surface area contributed by atoms with E-state index >= 15 is 0 Å². The van der Waals surface area contributed by atoms with Crippen LogP contribution < -0.4 is 5.73 Å². The lowest BCUT2D eigenvalue weighted by Gasteiger charge is -2.22. The summed E-state index contributed by atoms with van der Waals surface area (Å²) in [5, 5.41) is 0. The van der Waals surface area contributed by atoms with Gasteiger partial charge in [0.05, 0.1) is 11.9 Å². The number of nitrogens with zero attached hydrogens (tertiary/aromatic N) is 2. The van der Waals surface area contributed by atoms with E-state index in [2.05, 4.69) is 9.55 Å². The average Bonchev–Trinajstić information content (AvgIpc) is 2.77. The van der Waals surface area contributed by atoms with Crippen LogP contribution in [0.25, 0.3) is 0 Å². The lowest BCUT2D eigenvalue weighted by molar-refractivity contribution is 0.453. The van der Waals surface area contributed by atoms with Gasteiger partial charge in [0.2, 0.25) is 0 Å². The third-order valence-corrected chi connectivity index (χ3v) is 3.55. The van der Waals surface area contributed by atoms with E-state index in [0.717, 1.165) is 30.9 Å². The largest absolute Gasteiger partial charge is 0.330 e. The van der Waals surface area contributed by atoms with E-state index in [0.29, 0.717) is 12.0 Å². The molecule has 1 aromatic heterocycles. The van der Waals surface area contributed by atoms with E-state index in [1.54, 1.807) is 12.1 Å². The van der Waals surface area contributed by atoms with Crippen molar-refractivity contribution in [1.29, 1.82) is 0 Å². The molecular formula is C14H16FN3. The zero-order chi connectivity index (χ0) is 12.5. The van der Waals surface area contributed by atoms with Crippen LogP contribution in [0.15, 0.2) is 30.5 Å². The number of hydrogen-bond donors (Lipinski definition) is 1. The quantitative estimate of drug-likeness (QED) is 0.883. The van der Waals surface area contributed by atoms with Crippen LogP contribution in [0.4, 0.5) is 4.39 Å². The molecule has 0 saturated carbocycles. The SMILES string of the molecule is NC1CCCn2c1cnc2Cc1ccccc1F. The highest BCUT2D eigenvalue weighted by atomic mass is 19.1. The number of fused-ring (bicyclic) bond motifs is 1. The first-order valence-corrected chi connectivity index (χ1v) is 6.29. The first-order chi connectivity index (χ1) is 8.75. The van der Waals surface area contributed by atoms with Gasteiger partial charge in [-0.05, 0) is 24.5 Å². The first-order valence-electron chi connectivity index (χ1n) is 6.29. The highest BCUT2D eigenvalue weighted by Crippen LogP contribution is 2.25. The van der Waals surface area contributed by atoms with Crippen molar-refractivity contribution in [2.75, 3.05) is 0 Å². The molecule has 2 N–H and O–H groups in total. The summed E-state index contributed by atoms with van der Waals surface area (Å²) < 4.78 is 15.8. The molecule has 1 atom stereocenters. The Balaban J connectivity index is 1.92. The molecule has 2 heterocycles. The Morgan fingerprint density at radius 1 is 1.39 bits per heavy atom. The minimum Gasteiger partial charge on any atom is -0.330 e. The van der Waals surface area contributed by atoms with Crippen molar-refractivity contribution in [3.8, 4) is 0 Å². The number of rotatable bonds is 2. The molecule has 0 radical (unpaired) electrons. The predicted molar refractivity (Wildman–Crippen MR) is 67.6 cm³/mol. The van der Waals surface area contributed by atoms with Gasteiger partial charge in [0.15, 0.2) is 0 Å². The summed E-state index contributed by atoms with van der Waals surface area (Å²) in [5.41, 5.74) is 7.81. The Labute approximate surface area is 105 Å². The topological polar surface area (TPSA) is 43.8 Å². The van der Waals surface area contributed by atoms with Crippen molar-refractivity contribution >= 4 is 0 Å². The van der Waals surface area contributed by atoms with Gasteiger partial charge >= 0.3 is 0 Å². The third-order valence-electron chi connectivity index (χ3n) is 3.55. The minimum atomic E-state index is -0.171. The molecule has 0 bridgehead atoms. The van der Waals surface area contributed by atoms with Crippen LogP contribution in [0.1, 0.15) is 36.0 Å². The number of halogens is 1. The van der Waals surface area contributed by atoms with E-state index in [-0.39, 0.29) is 11.9 Å². The predicted octanol–water partition coefficient (Wildman–Crippen LogP) is 2.41. The summed E-state index contributed by atoms with van der Waals surface area (Å²) in [5.74, 6) is 0.736. The smallest absolute Gasteiger partial charge is 0.126 e. The Kier molecular flexibility index (Phi) is 2.88. The Morgan fingerprint density at radius 2 is 2.22 bits per heavy atom. The van der Waals surface area contributed by atoms with Crippen molar-refractivity contribution in [3.63, 3.8) is 0 Å². The lowest BCUT2D eigenvalue weighted by Crippen LogP contribution is -2.22.